The fourth-order valence-corrected chi connectivity index (χ4v) is 2.76. The van der Waals surface area contributed by atoms with Gasteiger partial charge in [-0.25, -0.2) is 0 Å². The standard InChI is InChI=1S/C12H10F2N2O2S2/c13-12(14)20-9-3-1-8(2-4-9)15-7-10-5-6-11(19-10)16(17)18/h1-6,12,15H,7H2. The number of benzene rings is 1. The van der Waals surface area contributed by atoms with E-state index < -0.39 is 10.7 Å². The number of nitrogens with zero attached hydrogens (tertiary/aromatic N) is 1. The minimum atomic E-state index is -2.43. The molecule has 1 N–H and O–H groups in total. The van der Waals surface area contributed by atoms with E-state index in [-0.39, 0.29) is 5.00 Å². The van der Waals surface area contributed by atoms with Gasteiger partial charge >= 0.3 is 5.00 Å². The molecule has 2 rings (SSSR count). The Hall–Kier alpha value is -1.67. The molecule has 0 saturated carbocycles. The number of thiophene rings is 1. The summed E-state index contributed by atoms with van der Waals surface area (Å²) in [6.45, 7) is 0.458. The van der Waals surface area contributed by atoms with Crippen molar-refractivity contribution in [2.45, 2.75) is 17.2 Å². The number of hydrogen-bond donors (Lipinski definition) is 1. The minimum absolute atomic E-state index is 0.102. The molecular formula is C12H10F2N2O2S2. The van der Waals surface area contributed by atoms with Crippen molar-refractivity contribution in [2.75, 3.05) is 5.32 Å². The summed E-state index contributed by atoms with van der Waals surface area (Å²) in [6.07, 6.45) is 0. The van der Waals surface area contributed by atoms with Crippen LogP contribution >= 0.6 is 23.1 Å². The van der Waals surface area contributed by atoms with Gasteiger partial charge in [-0.15, -0.1) is 0 Å². The van der Waals surface area contributed by atoms with Crippen LogP contribution in [0, 0.1) is 10.1 Å². The van der Waals surface area contributed by atoms with Gasteiger partial charge in [0.1, 0.15) is 0 Å². The van der Waals surface area contributed by atoms with E-state index in [1.807, 2.05) is 0 Å². The fourth-order valence-electron chi connectivity index (χ4n) is 1.50. The molecule has 0 aliphatic rings. The van der Waals surface area contributed by atoms with Gasteiger partial charge in [0.15, 0.2) is 0 Å². The lowest BCUT2D eigenvalue weighted by Crippen LogP contribution is -1.96. The van der Waals surface area contributed by atoms with Gasteiger partial charge < -0.3 is 5.32 Å². The summed E-state index contributed by atoms with van der Waals surface area (Å²) < 4.78 is 24.3. The molecule has 0 aliphatic carbocycles. The topological polar surface area (TPSA) is 55.2 Å². The Labute approximate surface area is 122 Å². The monoisotopic (exact) mass is 316 g/mol. The van der Waals surface area contributed by atoms with Gasteiger partial charge in [0.25, 0.3) is 5.76 Å². The maximum Gasteiger partial charge on any atom is 0.324 e. The van der Waals surface area contributed by atoms with Crippen molar-refractivity contribution < 1.29 is 13.7 Å². The second-order valence-electron chi connectivity index (χ2n) is 3.75. The van der Waals surface area contributed by atoms with Crippen molar-refractivity contribution in [3.05, 3.63) is 51.4 Å². The number of anilines is 1. The van der Waals surface area contributed by atoms with Crippen LogP contribution in [0.1, 0.15) is 4.88 Å². The van der Waals surface area contributed by atoms with Crippen molar-refractivity contribution in [3.63, 3.8) is 0 Å². The van der Waals surface area contributed by atoms with E-state index in [9.17, 15) is 18.9 Å². The molecule has 0 aliphatic heterocycles. The van der Waals surface area contributed by atoms with Gasteiger partial charge in [0.2, 0.25) is 0 Å². The Morgan fingerprint density at radius 3 is 2.50 bits per heavy atom. The van der Waals surface area contributed by atoms with E-state index in [1.165, 1.54) is 6.07 Å². The highest BCUT2D eigenvalue weighted by Gasteiger charge is 2.09. The van der Waals surface area contributed by atoms with Gasteiger partial charge in [-0.1, -0.05) is 23.1 Å². The second kappa shape index (κ2) is 6.67. The Kier molecular flexibility index (Phi) is 4.91. The minimum Gasteiger partial charge on any atom is -0.380 e. The van der Waals surface area contributed by atoms with E-state index in [1.54, 1.807) is 30.3 Å². The summed E-state index contributed by atoms with van der Waals surface area (Å²) in [7, 11) is 0. The highest BCUT2D eigenvalue weighted by molar-refractivity contribution is 7.99. The zero-order valence-corrected chi connectivity index (χ0v) is 11.7. The quantitative estimate of drug-likeness (QED) is 0.481. The molecule has 0 atom stereocenters. The molecule has 4 nitrogen and oxygen atoms in total. The fraction of sp³-hybridized carbons (Fsp3) is 0.167. The maximum absolute atomic E-state index is 12.2. The van der Waals surface area contributed by atoms with Crippen LogP contribution in [0.2, 0.25) is 0 Å². The predicted octanol–water partition coefficient (Wildman–Crippen LogP) is 4.58. The molecule has 1 aromatic carbocycles. The summed E-state index contributed by atoms with van der Waals surface area (Å²) in [5.74, 6) is -2.43. The van der Waals surface area contributed by atoms with Crippen molar-refractivity contribution in [3.8, 4) is 0 Å². The normalized spacial score (nSPS) is 10.8. The third kappa shape index (κ3) is 4.17. The van der Waals surface area contributed by atoms with Gasteiger partial charge in [-0.3, -0.25) is 10.1 Å². The Bertz CT molecular complexity index is 587. The van der Waals surface area contributed by atoms with Crippen molar-refractivity contribution >= 4 is 33.8 Å². The average molecular weight is 316 g/mol. The Morgan fingerprint density at radius 1 is 1.25 bits per heavy atom. The predicted molar refractivity (Wildman–Crippen MR) is 76.6 cm³/mol. The largest absolute Gasteiger partial charge is 0.380 e. The van der Waals surface area contributed by atoms with E-state index in [0.717, 1.165) is 21.9 Å². The van der Waals surface area contributed by atoms with Crippen LogP contribution in [0.3, 0.4) is 0 Å². The number of nitro groups is 1. The van der Waals surface area contributed by atoms with Crippen molar-refractivity contribution in [2.24, 2.45) is 0 Å². The first-order valence-corrected chi connectivity index (χ1v) is 7.26. The molecule has 2 aromatic rings. The number of halogens is 2. The summed E-state index contributed by atoms with van der Waals surface area (Å²) in [4.78, 5) is 11.5. The van der Waals surface area contributed by atoms with Crippen LogP contribution in [0.4, 0.5) is 19.5 Å². The molecular weight excluding hydrogens is 306 g/mol. The first kappa shape index (κ1) is 14.7. The summed E-state index contributed by atoms with van der Waals surface area (Å²) in [6, 6.07) is 9.77. The third-order valence-electron chi connectivity index (χ3n) is 2.37. The number of alkyl halides is 2. The molecule has 0 bridgehead atoms. The zero-order valence-electron chi connectivity index (χ0n) is 10.1. The molecule has 106 valence electrons. The van der Waals surface area contributed by atoms with Crippen LogP contribution < -0.4 is 5.32 Å². The Balaban J connectivity index is 1.91. The van der Waals surface area contributed by atoms with E-state index >= 15 is 0 Å². The number of hydrogen-bond acceptors (Lipinski definition) is 5. The summed E-state index contributed by atoms with van der Waals surface area (Å²) in [5.41, 5.74) is 0.777. The number of nitrogens with one attached hydrogen (secondary N) is 1. The lowest BCUT2D eigenvalue weighted by Gasteiger charge is -2.05. The number of thioether (sulfide) groups is 1. The van der Waals surface area contributed by atoms with Gasteiger partial charge in [-0.2, -0.15) is 8.78 Å². The van der Waals surface area contributed by atoms with Gasteiger partial charge in [0.05, 0.1) is 4.92 Å². The first-order valence-electron chi connectivity index (χ1n) is 5.56. The summed E-state index contributed by atoms with van der Waals surface area (Å²) in [5, 5.41) is 13.7. The molecule has 0 unspecified atom stereocenters. The smallest absolute Gasteiger partial charge is 0.324 e. The van der Waals surface area contributed by atoms with Crippen molar-refractivity contribution in [1.29, 1.82) is 0 Å². The molecule has 0 radical (unpaired) electrons. The van der Waals surface area contributed by atoms with E-state index in [2.05, 4.69) is 5.32 Å². The molecule has 0 spiro atoms. The third-order valence-corrected chi connectivity index (χ3v) is 4.13. The molecule has 8 heteroatoms. The molecule has 0 saturated heterocycles. The zero-order chi connectivity index (χ0) is 14.5. The highest BCUT2D eigenvalue weighted by atomic mass is 32.2. The van der Waals surface area contributed by atoms with Crippen molar-refractivity contribution in [1.82, 2.24) is 0 Å². The van der Waals surface area contributed by atoms with Crippen LogP contribution in [-0.4, -0.2) is 10.7 Å². The van der Waals surface area contributed by atoms with E-state index in [0.29, 0.717) is 23.2 Å². The van der Waals surface area contributed by atoms with Gasteiger partial charge in [0, 0.05) is 28.1 Å². The lowest BCUT2D eigenvalue weighted by atomic mass is 10.3. The molecule has 1 heterocycles. The second-order valence-corrected chi connectivity index (χ2v) is 5.96. The molecule has 0 amide bonds. The average Bonchev–Trinajstić information content (AvgIpc) is 2.86. The molecule has 0 fully saturated rings. The van der Waals surface area contributed by atoms with Crippen LogP contribution in [0.25, 0.3) is 0 Å². The first-order chi connectivity index (χ1) is 9.54. The molecule has 1 aromatic heterocycles. The maximum atomic E-state index is 12.2. The number of rotatable bonds is 6. The van der Waals surface area contributed by atoms with E-state index in [4.69, 9.17) is 0 Å². The summed E-state index contributed by atoms with van der Waals surface area (Å²) >= 11 is 1.60. The highest BCUT2D eigenvalue weighted by Crippen LogP contribution is 2.27. The molecule has 20 heavy (non-hydrogen) atoms. The van der Waals surface area contributed by atoms with Gasteiger partial charge in [-0.05, 0) is 30.3 Å². The van der Waals surface area contributed by atoms with Crippen LogP contribution in [0.15, 0.2) is 41.3 Å². The van der Waals surface area contributed by atoms with Crippen LogP contribution in [-0.2, 0) is 6.54 Å². The van der Waals surface area contributed by atoms with Crippen LogP contribution in [0.5, 0.6) is 0 Å². The lowest BCUT2D eigenvalue weighted by molar-refractivity contribution is -0.380. The Morgan fingerprint density at radius 2 is 1.95 bits per heavy atom. The SMILES string of the molecule is O=[N+]([O-])c1ccc(CNc2ccc(SC(F)F)cc2)s1.